The maximum atomic E-state index is 2.51. The summed E-state index contributed by atoms with van der Waals surface area (Å²) in [7, 11) is 0. The van der Waals surface area contributed by atoms with E-state index in [-0.39, 0.29) is 20.7 Å². The normalized spacial score (nSPS) is 12.8. The molecule has 0 amide bonds. The molecule has 0 aliphatic carbocycles. The minimum Gasteiger partial charge on any atom is -0.309 e. The van der Waals surface area contributed by atoms with Gasteiger partial charge in [-0.1, -0.05) is 203 Å². The van der Waals surface area contributed by atoms with Crippen molar-refractivity contribution >= 4 is 162 Å². The summed E-state index contributed by atoms with van der Waals surface area (Å²) in [5.74, 6) is 0. The molecule has 428 valence electrons. The Labute approximate surface area is 548 Å². The van der Waals surface area contributed by atoms with Gasteiger partial charge < -0.3 is 18.3 Å². The predicted octanol–water partition coefficient (Wildman–Crippen LogP) is 23.5. The maximum Gasteiger partial charge on any atom is 0.0646 e. The van der Waals surface area contributed by atoms with Crippen LogP contribution in [0.15, 0.2) is 295 Å². The average molecular weight is 1390 g/mol. The summed E-state index contributed by atoms with van der Waals surface area (Å²) < 4.78 is 16.8. The van der Waals surface area contributed by atoms with Gasteiger partial charge in [0, 0.05) is 82.2 Å². The van der Waals surface area contributed by atoms with Gasteiger partial charge in [0.25, 0.3) is 0 Å². The van der Waals surface area contributed by atoms with Gasteiger partial charge in [-0.3, -0.25) is 2.78 Å². The number of nitrogens with zero attached hydrogens (tertiary/aromatic N) is 5. The van der Waals surface area contributed by atoms with E-state index in [1.54, 1.807) is 0 Å². The van der Waals surface area contributed by atoms with Crippen LogP contribution in [0.25, 0.3) is 176 Å². The third kappa shape index (κ3) is 8.09. The van der Waals surface area contributed by atoms with Gasteiger partial charge in [-0.2, -0.15) is 0 Å². The SMILES string of the molecule is Cc1cccc(-n2c3ccc(-n4c5ccccc5c5ccccc54)cc3c3ccc(-c4ccc5c(c4)c4ccccc4n5-c4ccc5c(c4)c4ccc(-c6ccccc6-c6ccc(-c7cccc8c9ccccc9n(C9=CC=IC=C9)c78)cc6)cc4n5I)cc32)c1. The molecular weight excluding hydrogens is 1330 g/mol. The molecule has 6 heterocycles. The third-order valence-corrected chi connectivity index (χ3v) is 21.7. The van der Waals surface area contributed by atoms with Gasteiger partial charge >= 0.3 is 0 Å². The molecule has 18 aromatic rings. The van der Waals surface area contributed by atoms with Gasteiger partial charge in [0.05, 0.1) is 78.0 Å². The summed E-state index contributed by atoms with van der Waals surface area (Å²) in [5.41, 5.74) is 27.5. The highest BCUT2D eigenvalue weighted by Gasteiger charge is 2.22. The summed E-state index contributed by atoms with van der Waals surface area (Å²) in [6.07, 6.45) is 4.61. The van der Waals surface area contributed by atoms with E-state index in [2.05, 4.69) is 350 Å². The van der Waals surface area contributed by atoms with Gasteiger partial charge in [0.2, 0.25) is 0 Å². The molecule has 0 N–H and O–H groups in total. The standard InChI is InChI=1S/C84H53I2N5/c1-52-14-12-15-59(46-52)89-80-40-35-60(87-75-24-8-4-18-65(75)66-19-5-9-25-76(66)87)50-73(80)69-37-32-56(48-82(69)89)55-34-39-79-72(47-55)68-21-7-10-26-77(68)88(79)61-36-41-81-74(51-61)70-38-33-57(49-83(70)91(81)85)63-17-3-2-16-62(63)53-28-30-54(31-29-53)64-22-13-23-71-67-20-6-11-27-78(67)90(84(64)71)58-42-44-86-45-43-58/h2-51H,1H3. The van der Waals surface area contributed by atoms with Crippen LogP contribution in [0.2, 0.25) is 0 Å². The van der Waals surface area contributed by atoms with Gasteiger partial charge in [-0.05, 0) is 169 Å². The Kier molecular flexibility index (Phi) is 11.9. The number of halogens is 2. The van der Waals surface area contributed by atoms with Crippen molar-refractivity contribution in [2.24, 2.45) is 0 Å². The number of fused-ring (bicyclic) bond motifs is 15. The molecule has 0 atom stereocenters. The van der Waals surface area contributed by atoms with E-state index in [1.807, 2.05) is 0 Å². The summed E-state index contributed by atoms with van der Waals surface area (Å²) >= 11 is 2.47. The van der Waals surface area contributed by atoms with E-state index < -0.39 is 0 Å². The third-order valence-electron chi connectivity index (χ3n) is 19.1. The molecule has 5 nitrogen and oxygen atoms in total. The van der Waals surface area contributed by atoms with Crippen molar-refractivity contribution in [2.45, 2.75) is 6.92 Å². The molecule has 5 aromatic heterocycles. The van der Waals surface area contributed by atoms with E-state index in [1.165, 1.54) is 165 Å². The quantitative estimate of drug-likeness (QED) is 0.136. The molecule has 1 aliphatic heterocycles. The highest BCUT2D eigenvalue weighted by atomic mass is 127. The number of aryl methyl sites for hydroxylation is 1. The Bertz CT molecular complexity index is 6180. The predicted molar refractivity (Wildman–Crippen MR) is 405 cm³/mol. The van der Waals surface area contributed by atoms with Crippen LogP contribution < -0.4 is 0 Å². The van der Waals surface area contributed by atoms with Crippen LogP contribution in [0.4, 0.5) is 0 Å². The van der Waals surface area contributed by atoms with Gasteiger partial charge in [-0.25, -0.2) is 0 Å². The lowest BCUT2D eigenvalue weighted by molar-refractivity contribution is 1.16. The molecule has 0 spiro atoms. The van der Waals surface area contributed by atoms with Crippen molar-refractivity contribution in [1.29, 1.82) is 0 Å². The number of aromatic nitrogens is 5. The second kappa shape index (κ2) is 20.6. The summed E-state index contributed by atoms with van der Waals surface area (Å²) in [5, 5.41) is 12.4. The van der Waals surface area contributed by atoms with Crippen LogP contribution in [0.1, 0.15) is 5.56 Å². The highest BCUT2D eigenvalue weighted by molar-refractivity contribution is 14.2. The van der Waals surface area contributed by atoms with E-state index in [9.17, 15) is 0 Å². The molecule has 0 fully saturated rings. The molecule has 7 heteroatoms. The van der Waals surface area contributed by atoms with Crippen LogP contribution >= 0.6 is 43.6 Å². The first-order valence-electron chi connectivity index (χ1n) is 30.9. The summed E-state index contributed by atoms with van der Waals surface area (Å²) in [6.45, 7) is 2.18. The Hall–Kier alpha value is -10.3. The second-order valence-corrected chi connectivity index (χ2v) is 27.2. The number of hydrogen-bond donors (Lipinski definition) is 0. The fourth-order valence-electron chi connectivity index (χ4n) is 15.1. The van der Waals surface area contributed by atoms with Crippen LogP contribution in [-0.2, 0) is 0 Å². The number of hydrogen-bond acceptors (Lipinski definition) is 0. The van der Waals surface area contributed by atoms with E-state index in [4.69, 9.17) is 0 Å². The Balaban J connectivity index is 0.684. The Morgan fingerprint density at radius 1 is 0.286 bits per heavy atom. The fourth-order valence-corrected chi connectivity index (χ4v) is 17.3. The molecule has 0 saturated carbocycles. The first-order valence-corrected chi connectivity index (χ1v) is 34.4. The number of allylic oxidation sites excluding steroid dienone is 3. The molecule has 1 aliphatic rings. The lowest BCUT2D eigenvalue weighted by Gasteiger charge is -2.14. The zero-order valence-electron chi connectivity index (χ0n) is 49.4. The molecule has 0 saturated heterocycles. The van der Waals surface area contributed by atoms with Gasteiger partial charge in [0.15, 0.2) is 0 Å². The smallest absolute Gasteiger partial charge is 0.0646 e. The fraction of sp³-hybridized carbons (Fsp3) is 0.0119. The maximum absolute atomic E-state index is 2.51. The zero-order chi connectivity index (χ0) is 60.0. The topological polar surface area (TPSA) is 24.6 Å². The molecule has 0 bridgehead atoms. The van der Waals surface area contributed by atoms with E-state index in [0.717, 1.165) is 17.1 Å². The van der Waals surface area contributed by atoms with Crippen LogP contribution in [0, 0.1) is 6.92 Å². The van der Waals surface area contributed by atoms with Crippen LogP contribution in [0.3, 0.4) is 0 Å². The number of benzene rings is 13. The largest absolute Gasteiger partial charge is 0.309 e. The Morgan fingerprint density at radius 2 is 0.714 bits per heavy atom. The van der Waals surface area contributed by atoms with Crippen molar-refractivity contribution in [3.63, 3.8) is 0 Å². The number of para-hydroxylation sites is 5. The lowest BCUT2D eigenvalue weighted by Crippen LogP contribution is -1.97. The highest BCUT2D eigenvalue weighted by Crippen LogP contribution is 2.45. The molecule has 13 aromatic carbocycles. The molecular formula is C84H53I2N5. The lowest BCUT2D eigenvalue weighted by atomic mass is 9.92. The van der Waals surface area contributed by atoms with Crippen LogP contribution in [-0.4, -0.2) is 25.1 Å². The molecule has 0 unspecified atom stereocenters. The molecule has 19 rings (SSSR count). The minimum absolute atomic E-state index is 0.0351. The monoisotopic (exact) mass is 1390 g/mol. The van der Waals surface area contributed by atoms with Crippen molar-refractivity contribution in [3.05, 3.63) is 301 Å². The van der Waals surface area contributed by atoms with Gasteiger partial charge in [-0.15, -0.1) is 0 Å². The Morgan fingerprint density at radius 3 is 1.37 bits per heavy atom. The zero-order valence-corrected chi connectivity index (χ0v) is 53.7. The molecule has 91 heavy (non-hydrogen) atoms. The van der Waals surface area contributed by atoms with Gasteiger partial charge in [0.1, 0.15) is 0 Å². The van der Waals surface area contributed by atoms with E-state index >= 15 is 0 Å². The average Bonchev–Trinajstić information content (AvgIpc) is 1.65. The first-order chi connectivity index (χ1) is 45.0. The summed E-state index contributed by atoms with van der Waals surface area (Å²) in [4.78, 5) is 0. The minimum atomic E-state index is -0.0351. The summed E-state index contributed by atoms with van der Waals surface area (Å²) in [6, 6.07) is 104. The van der Waals surface area contributed by atoms with Crippen LogP contribution in [0.5, 0.6) is 0 Å². The van der Waals surface area contributed by atoms with Crippen molar-refractivity contribution < 1.29 is 0 Å². The number of rotatable bonds is 8. The van der Waals surface area contributed by atoms with Crippen molar-refractivity contribution in [2.75, 3.05) is 0 Å². The second-order valence-electron chi connectivity index (χ2n) is 24.1. The van der Waals surface area contributed by atoms with Crippen molar-refractivity contribution in [3.8, 4) is 61.6 Å². The van der Waals surface area contributed by atoms with Crippen molar-refractivity contribution in [1.82, 2.24) is 21.0 Å². The van der Waals surface area contributed by atoms with E-state index in [0.29, 0.717) is 0 Å². The first kappa shape index (κ1) is 52.6. The molecule has 0 radical (unpaired) electrons.